The number of nitrogens with zero attached hydrogens (tertiary/aromatic N) is 1. The molecule has 0 saturated heterocycles. The number of aromatic nitrogens is 1. The Morgan fingerprint density at radius 2 is 2.20 bits per heavy atom. The summed E-state index contributed by atoms with van der Waals surface area (Å²) in [6.45, 7) is 1.86. The van der Waals surface area contributed by atoms with Crippen LogP contribution in [0, 0.1) is 12.7 Å². The second-order valence-electron chi connectivity index (χ2n) is 3.49. The third kappa shape index (κ3) is 2.65. The number of halogens is 1. The highest BCUT2D eigenvalue weighted by Gasteiger charge is 2.01. The van der Waals surface area contributed by atoms with E-state index >= 15 is 0 Å². The van der Waals surface area contributed by atoms with E-state index in [1.54, 1.807) is 12.3 Å². The van der Waals surface area contributed by atoms with Crippen LogP contribution in [0.25, 0.3) is 0 Å². The molecule has 0 aliphatic rings. The third-order valence-corrected chi connectivity index (χ3v) is 2.19. The highest BCUT2D eigenvalue weighted by Crippen LogP contribution is 2.09. The Morgan fingerprint density at radius 3 is 2.87 bits per heavy atom. The van der Waals surface area contributed by atoms with Crippen molar-refractivity contribution in [3.05, 3.63) is 53.5 Å². The average Bonchev–Trinajstić information content (AvgIpc) is 2.62. The zero-order valence-corrected chi connectivity index (χ0v) is 8.53. The van der Waals surface area contributed by atoms with E-state index < -0.39 is 0 Å². The van der Waals surface area contributed by atoms with Crippen LogP contribution >= 0.6 is 0 Å². The molecule has 0 amide bonds. The van der Waals surface area contributed by atoms with E-state index in [1.165, 1.54) is 12.1 Å². The van der Waals surface area contributed by atoms with Crippen molar-refractivity contribution in [1.29, 1.82) is 0 Å². The molecule has 0 unspecified atom stereocenters. The van der Waals surface area contributed by atoms with Gasteiger partial charge in [-0.2, -0.15) is 0 Å². The van der Waals surface area contributed by atoms with Crippen LogP contribution in [0.1, 0.15) is 17.2 Å². The van der Waals surface area contributed by atoms with Gasteiger partial charge < -0.3 is 4.42 Å². The summed E-state index contributed by atoms with van der Waals surface area (Å²) in [7, 11) is 0. The monoisotopic (exact) mass is 205 g/mol. The highest BCUT2D eigenvalue weighted by atomic mass is 19.1. The fourth-order valence-electron chi connectivity index (χ4n) is 1.46. The smallest absolute Gasteiger partial charge is 0.194 e. The topological polar surface area (TPSA) is 26.0 Å². The van der Waals surface area contributed by atoms with Gasteiger partial charge in [-0.3, -0.25) is 0 Å². The normalized spacial score (nSPS) is 10.5. The molecule has 3 heteroatoms. The maximum atomic E-state index is 12.9. The standard InChI is InChI=1S/C12H12FNO/c1-9-8-14-12(15-9)6-5-10-3-2-4-11(13)7-10/h2-4,7-8H,5-6H2,1H3. The molecular weight excluding hydrogens is 193 g/mol. The van der Waals surface area contributed by atoms with Crippen LogP contribution in [0.2, 0.25) is 0 Å². The Hall–Kier alpha value is -1.64. The molecule has 0 radical (unpaired) electrons. The van der Waals surface area contributed by atoms with Gasteiger partial charge in [0.2, 0.25) is 0 Å². The first kappa shape index (κ1) is 9.90. The molecule has 0 bridgehead atoms. The van der Waals surface area contributed by atoms with Gasteiger partial charge in [0.25, 0.3) is 0 Å². The van der Waals surface area contributed by atoms with Gasteiger partial charge in [0, 0.05) is 6.42 Å². The van der Waals surface area contributed by atoms with E-state index in [1.807, 2.05) is 13.0 Å². The predicted octanol–water partition coefficient (Wildman–Crippen LogP) is 2.91. The van der Waals surface area contributed by atoms with Crippen LogP contribution in [0.15, 0.2) is 34.9 Å². The first-order chi connectivity index (χ1) is 7.24. The molecule has 78 valence electrons. The molecule has 2 nitrogen and oxygen atoms in total. The summed E-state index contributed by atoms with van der Waals surface area (Å²) >= 11 is 0. The van der Waals surface area contributed by atoms with Crippen LogP contribution in [0.5, 0.6) is 0 Å². The minimum Gasteiger partial charge on any atom is -0.446 e. The molecule has 0 aliphatic heterocycles. The molecule has 0 N–H and O–H groups in total. The number of hydrogen-bond acceptors (Lipinski definition) is 2. The van der Waals surface area contributed by atoms with Crippen molar-refractivity contribution in [3.8, 4) is 0 Å². The lowest BCUT2D eigenvalue weighted by Gasteiger charge is -1.98. The van der Waals surface area contributed by atoms with E-state index in [0.717, 1.165) is 17.7 Å². The Bertz CT molecular complexity index is 450. The first-order valence-electron chi connectivity index (χ1n) is 4.90. The molecule has 0 aliphatic carbocycles. The molecule has 0 saturated carbocycles. The maximum absolute atomic E-state index is 12.9. The lowest BCUT2D eigenvalue weighted by molar-refractivity contribution is 0.470. The minimum absolute atomic E-state index is 0.198. The first-order valence-corrected chi connectivity index (χ1v) is 4.90. The molecule has 15 heavy (non-hydrogen) atoms. The Kier molecular flexibility index (Phi) is 2.81. The second-order valence-corrected chi connectivity index (χ2v) is 3.49. The zero-order valence-electron chi connectivity index (χ0n) is 8.53. The van der Waals surface area contributed by atoms with Crippen molar-refractivity contribution in [2.45, 2.75) is 19.8 Å². The van der Waals surface area contributed by atoms with Gasteiger partial charge in [-0.05, 0) is 31.0 Å². The SMILES string of the molecule is Cc1cnc(CCc2cccc(F)c2)o1. The molecule has 2 aromatic rings. The van der Waals surface area contributed by atoms with Crippen molar-refractivity contribution in [2.24, 2.45) is 0 Å². The van der Waals surface area contributed by atoms with Gasteiger partial charge in [0.15, 0.2) is 5.89 Å². The Balaban J connectivity index is 1.99. The number of oxazole rings is 1. The summed E-state index contributed by atoms with van der Waals surface area (Å²) in [4.78, 5) is 4.09. The molecule has 0 atom stereocenters. The van der Waals surface area contributed by atoms with E-state index in [0.29, 0.717) is 12.3 Å². The van der Waals surface area contributed by atoms with Crippen LogP contribution in [-0.2, 0) is 12.8 Å². The van der Waals surface area contributed by atoms with E-state index in [9.17, 15) is 4.39 Å². The van der Waals surface area contributed by atoms with E-state index in [4.69, 9.17) is 4.42 Å². The molecule has 2 rings (SSSR count). The van der Waals surface area contributed by atoms with E-state index in [-0.39, 0.29) is 5.82 Å². The Labute approximate surface area is 87.8 Å². The summed E-state index contributed by atoms with van der Waals surface area (Å²) in [6, 6.07) is 6.60. The van der Waals surface area contributed by atoms with Gasteiger partial charge in [-0.1, -0.05) is 12.1 Å². The molecule has 0 spiro atoms. The maximum Gasteiger partial charge on any atom is 0.194 e. The largest absolute Gasteiger partial charge is 0.446 e. The highest BCUT2D eigenvalue weighted by molar-refractivity contribution is 5.16. The van der Waals surface area contributed by atoms with Crippen LogP contribution in [-0.4, -0.2) is 4.98 Å². The van der Waals surface area contributed by atoms with Crippen molar-refractivity contribution in [1.82, 2.24) is 4.98 Å². The average molecular weight is 205 g/mol. The lowest BCUT2D eigenvalue weighted by Crippen LogP contribution is -1.91. The third-order valence-electron chi connectivity index (χ3n) is 2.19. The van der Waals surface area contributed by atoms with Crippen molar-refractivity contribution >= 4 is 0 Å². The van der Waals surface area contributed by atoms with Crippen molar-refractivity contribution in [3.63, 3.8) is 0 Å². The summed E-state index contributed by atoms with van der Waals surface area (Å²) in [6.07, 6.45) is 3.15. The summed E-state index contributed by atoms with van der Waals surface area (Å²) in [5.74, 6) is 1.32. The molecule has 0 fully saturated rings. The fraction of sp³-hybridized carbons (Fsp3) is 0.250. The molecule has 1 aromatic heterocycles. The quantitative estimate of drug-likeness (QED) is 0.770. The molecule has 1 aromatic carbocycles. The van der Waals surface area contributed by atoms with Crippen LogP contribution < -0.4 is 0 Å². The minimum atomic E-state index is -0.198. The predicted molar refractivity (Wildman–Crippen MR) is 55.0 cm³/mol. The van der Waals surface area contributed by atoms with Crippen molar-refractivity contribution in [2.75, 3.05) is 0 Å². The van der Waals surface area contributed by atoms with Gasteiger partial charge >= 0.3 is 0 Å². The van der Waals surface area contributed by atoms with E-state index in [2.05, 4.69) is 4.98 Å². The zero-order chi connectivity index (χ0) is 10.7. The van der Waals surface area contributed by atoms with Gasteiger partial charge in [0.05, 0.1) is 6.20 Å². The summed E-state index contributed by atoms with van der Waals surface area (Å²) in [5.41, 5.74) is 0.964. The van der Waals surface area contributed by atoms with Crippen LogP contribution in [0.4, 0.5) is 4.39 Å². The molecular formula is C12H12FNO. The van der Waals surface area contributed by atoms with Gasteiger partial charge in [-0.15, -0.1) is 0 Å². The number of rotatable bonds is 3. The van der Waals surface area contributed by atoms with Crippen molar-refractivity contribution < 1.29 is 8.81 Å². The lowest BCUT2D eigenvalue weighted by atomic mass is 10.1. The number of aryl methyl sites for hydroxylation is 3. The Morgan fingerprint density at radius 1 is 1.33 bits per heavy atom. The van der Waals surface area contributed by atoms with Crippen LogP contribution in [0.3, 0.4) is 0 Å². The number of benzene rings is 1. The van der Waals surface area contributed by atoms with Gasteiger partial charge in [0.1, 0.15) is 11.6 Å². The van der Waals surface area contributed by atoms with Gasteiger partial charge in [-0.25, -0.2) is 9.37 Å². The second kappa shape index (κ2) is 4.26. The summed E-state index contributed by atoms with van der Waals surface area (Å²) in [5, 5.41) is 0. The molecule has 1 heterocycles. The summed E-state index contributed by atoms with van der Waals surface area (Å²) < 4.78 is 18.2. The fourth-order valence-corrected chi connectivity index (χ4v) is 1.46. The number of hydrogen-bond donors (Lipinski definition) is 0.